The molecule has 4 nitrogen and oxygen atoms in total. The van der Waals surface area contributed by atoms with Crippen molar-refractivity contribution in [2.24, 2.45) is 0 Å². The number of carbonyl (C=O) groups excluding carboxylic acids is 1. The number of ether oxygens (including phenoxy) is 1. The number of aromatic hydroxyl groups is 1. The van der Waals surface area contributed by atoms with Crippen molar-refractivity contribution in [1.29, 1.82) is 0 Å². The first-order chi connectivity index (χ1) is 11.6. The Labute approximate surface area is 146 Å². The zero-order chi connectivity index (χ0) is 16.9. The van der Waals surface area contributed by atoms with Crippen molar-refractivity contribution in [2.75, 3.05) is 26.3 Å². The molecule has 0 aliphatic carbocycles. The average Bonchev–Trinajstić information content (AvgIpc) is 2.63. The standard InChI is InChI=1S/C19H20ClNO3/c20-15-6-7-18(22)17(12-15)16(14-4-2-1-3-5-14)13-19(23)21-8-10-24-11-9-21/h1-7,12,16,22H,8-11,13H2/t16-/m0/s1. The van der Waals surface area contributed by atoms with E-state index in [-0.39, 0.29) is 24.0 Å². The van der Waals surface area contributed by atoms with Gasteiger partial charge in [-0.15, -0.1) is 0 Å². The van der Waals surface area contributed by atoms with E-state index in [0.29, 0.717) is 36.9 Å². The molecule has 0 spiro atoms. The molecular formula is C19H20ClNO3. The van der Waals surface area contributed by atoms with Crippen LogP contribution in [0.4, 0.5) is 0 Å². The van der Waals surface area contributed by atoms with E-state index in [1.54, 1.807) is 18.2 Å². The number of carbonyl (C=O) groups is 1. The van der Waals surface area contributed by atoms with Crippen LogP contribution in [-0.4, -0.2) is 42.2 Å². The molecule has 1 fully saturated rings. The summed E-state index contributed by atoms with van der Waals surface area (Å²) in [5.74, 6) is -0.0187. The maximum Gasteiger partial charge on any atom is 0.223 e. The first-order valence-corrected chi connectivity index (χ1v) is 8.42. The number of amides is 1. The molecule has 24 heavy (non-hydrogen) atoms. The van der Waals surface area contributed by atoms with Crippen molar-refractivity contribution in [3.63, 3.8) is 0 Å². The van der Waals surface area contributed by atoms with Crippen LogP contribution in [0, 0.1) is 0 Å². The second-order valence-corrected chi connectivity index (χ2v) is 6.30. The molecule has 0 bridgehead atoms. The number of phenols is 1. The Kier molecular flexibility index (Phi) is 5.38. The maximum absolute atomic E-state index is 12.7. The van der Waals surface area contributed by atoms with E-state index in [4.69, 9.17) is 16.3 Å². The van der Waals surface area contributed by atoms with Crippen molar-refractivity contribution in [3.8, 4) is 5.75 Å². The summed E-state index contributed by atoms with van der Waals surface area (Å²) in [6.45, 7) is 2.37. The van der Waals surface area contributed by atoms with Gasteiger partial charge in [0.15, 0.2) is 0 Å². The minimum absolute atomic E-state index is 0.0616. The number of phenolic OH excluding ortho intramolecular Hbond substituents is 1. The van der Waals surface area contributed by atoms with E-state index in [2.05, 4.69) is 0 Å². The van der Waals surface area contributed by atoms with Gasteiger partial charge in [0.05, 0.1) is 13.2 Å². The number of benzene rings is 2. The Morgan fingerprint density at radius 1 is 1.17 bits per heavy atom. The number of nitrogens with zero attached hydrogens (tertiary/aromatic N) is 1. The molecule has 126 valence electrons. The van der Waals surface area contributed by atoms with Crippen LogP contribution in [-0.2, 0) is 9.53 Å². The highest BCUT2D eigenvalue weighted by Gasteiger charge is 2.25. The molecule has 0 unspecified atom stereocenters. The van der Waals surface area contributed by atoms with E-state index in [1.807, 2.05) is 35.2 Å². The maximum atomic E-state index is 12.7. The Bertz CT molecular complexity index is 699. The monoisotopic (exact) mass is 345 g/mol. The van der Waals surface area contributed by atoms with Crippen LogP contribution < -0.4 is 0 Å². The molecule has 0 saturated carbocycles. The Morgan fingerprint density at radius 3 is 2.58 bits per heavy atom. The molecule has 1 N–H and O–H groups in total. The fraction of sp³-hybridized carbons (Fsp3) is 0.316. The molecule has 2 aromatic carbocycles. The molecule has 1 saturated heterocycles. The number of halogens is 1. The SMILES string of the molecule is O=C(C[C@@H](c1ccccc1)c1cc(Cl)ccc1O)N1CCOCC1. The summed E-state index contributed by atoms with van der Waals surface area (Å²) in [5, 5.41) is 10.8. The highest BCUT2D eigenvalue weighted by atomic mass is 35.5. The van der Waals surface area contributed by atoms with Crippen LogP contribution in [0.1, 0.15) is 23.5 Å². The first kappa shape index (κ1) is 16.8. The van der Waals surface area contributed by atoms with Crippen LogP contribution in [0.15, 0.2) is 48.5 Å². The summed E-state index contributed by atoms with van der Waals surface area (Å²) >= 11 is 6.11. The highest BCUT2D eigenvalue weighted by Crippen LogP contribution is 2.36. The second kappa shape index (κ2) is 7.69. The van der Waals surface area contributed by atoms with Crippen molar-refractivity contribution in [3.05, 3.63) is 64.7 Å². The lowest BCUT2D eigenvalue weighted by atomic mass is 9.87. The number of morpholine rings is 1. The summed E-state index contributed by atoms with van der Waals surface area (Å²) < 4.78 is 5.31. The van der Waals surface area contributed by atoms with Crippen molar-refractivity contribution in [2.45, 2.75) is 12.3 Å². The summed E-state index contributed by atoms with van der Waals surface area (Å²) in [4.78, 5) is 14.5. The molecule has 1 atom stereocenters. The van der Waals surface area contributed by atoms with Gasteiger partial charge in [-0.05, 0) is 23.8 Å². The van der Waals surface area contributed by atoms with E-state index < -0.39 is 0 Å². The normalized spacial score (nSPS) is 16.0. The predicted octanol–water partition coefficient (Wildman–Crippen LogP) is 3.43. The third-order valence-corrected chi connectivity index (χ3v) is 4.54. The lowest BCUT2D eigenvalue weighted by Crippen LogP contribution is -2.41. The average molecular weight is 346 g/mol. The Balaban J connectivity index is 1.90. The minimum atomic E-state index is -0.236. The van der Waals surface area contributed by atoms with Crippen molar-refractivity contribution < 1.29 is 14.6 Å². The molecule has 1 aliphatic rings. The number of rotatable bonds is 4. The van der Waals surface area contributed by atoms with Gasteiger partial charge in [-0.3, -0.25) is 4.79 Å². The molecule has 5 heteroatoms. The predicted molar refractivity (Wildman–Crippen MR) is 93.4 cm³/mol. The van der Waals surface area contributed by atoms with Crippen molar-refractivity contribution >= 4 is 17.5 Å². The summed E-state index contributed by atoms with van der Waals surface area (Å²) in [6.07, 6.45) is 0.290. The van der Waals surface area contributed by atoms with Gasteiger partial charge in [0.2, 0.25) is 5.91 Å². The number of hydrogen-bond acceptors (Lipinski definition) is 3. The zero-order valence-electron chi connectivity index (χ0n) is 13.3. The molecule has 0 radical (unpaired) electrons. The van der Waals surface area contributed by atoms with Gasteiger partial charge in [0.25, 0.3) is 0 Å². The summed E-state index contributed by atoms with van der Waals surface area (Å²) in [7, 11) is 0. The van der Waals surface area contributed by atoms with Gasteiger partial charge in [0, 0.05) is 36.0 Å². The molecule has 1 heterocycles. The largest absolute Gasteiger partial charge is 0.508 e. The fourth-order valence-electron chi connectivity index (χ4n) is 3.01. The molecule has 1 aliphatic heterocycles. The van der Waals surface area contributed by atoms with E-state index in [9.17, 15) is 9.90 Å². The van der Waals surface area contributed by atoms with Gasteiger partial charge < -0.3 is 14.7 Å². The Morgan fingerprint density at radius 2 is 1.88 bits per heavy atom. The summed E-state index contributed by atoms with van der Waals surface area (Å²) in [5.41, 5.74) is 1.66. The highest BCUT2D eigenvalue weighted by molar-refractivity contribution is 6.30. The second-order valence-electron chi connectivity index (χ2n) is 5.86. The minimum Gasteiger partial charge on any atom is -0.508 e. The van der Waals surface area contributed by atoms with Crippen LogP contribution in [0.25, 0.3) is 0 Å². The van der Waals surface area contributed by atoms with Gasteiger partial charge in [-0.2, -0.15) is 0 Å². The van der Waals surface area contributed by atoms with Crippen molar-refractivity contribution in [1.82, 2.24) is 4.90 Å². The lowest BCUT2D eigenvalue weighted by molar-refractivity contribution is -0.135. The lowest BCUT2D eigenvalue weighted by Gasteiger charge is -2.29. The molecular weight excluding hydrogens is 326 g/mol. The Hall–Kier alpha value is -2.04. The van der Waals surface area contributed by atoms with Gasteiger partial charge >= 0.3 is 0 Å². The van der Waals surface area contributed by atoms with Gasteiger partial charge in [0.1, 0.15) is 5.75 Å². The molecule has 1 amide bonds. The van der Waals surface area contributed by atoms with Crippen LogP contribution in [0.5, 0.6) is 5.75 Å². The fourth-order valence-corrected chi connectivity index (χ4v) is 3.19. The van der Waals surface area contributed by atoms with E-state index in [0.717, 1.165) is 5.56 Å². The third kappa shape index (κ3) is 3.89. The van der Waals surface area contributed by atoms with Crippen LogP contribution in [0.2, 0.25) is 5.02 Å². The van der Waals surface area contributed by atoms with Crippen LogP contribution in [0.3, 0.4) is 0 Å². The molecule has 0 aromatic heterocycles. The first-order valence-electron chi connectivity index (χ1n) is 8.04. The summed E-state index contributed by atoms with van der Waals surface area (Å²) in [6, 6.07) is 14.7. The molecule has 3 rings (SSSR count). The third-order valence-electron chi connectivity index (χ3n) is 4.31. The topological polar surface area (TPSA) is 49.8 Å². The van der Waals surface area contributed by atoms with Gasteiger partial charge in [-0.1, -0.05) is 41.9 Å². The van der Waals surface area contributed by atoms with E-state index >= 15 is 0 Å². The quantitative estimate of drug-likeness (QED) is 0.923. The van der Waals surface area contributed by atoms with Crippen LogP contribution >= 0.6 is 11.6 Å². The zero-order valence-corrected chi connectivity index (χ0v) is 14.1. The smallest absolute Gasteiger partial charge is 0.223 e. The number of hydrogen-bond donors (Lipinski definition) is 1. The van der Waals surface area contributed by atoms with Gasteiger partial charge in [-0.25, -0.2) is 0 Å². The van der Waals surface area contributed by atoms with E-state index in [1.165, 1.54) is 0 Å². The molecule has 2 aromatic rings.